The summed E-state index contributed by atoms with van der Waals surface area (Å²) in [4.78, 5) is 73.0. The number of rotatable bonds is 75. The second-order valence-electron chi connectivity index (χ2n) is 26.6. The van der Waals surface area contributed by atoms with Crippen molar-refractivity contribution in [2.75, 3.05) is 39.6 Å². The van der Waals surface area contributed by atoms with Crippen molar-refractivity contribution in [3.8, 4) is 0 Å². The van der Waals surface area contributed by atoms with Crippen LogP contribution in [0.4, 0.5) is 0 Å². The van der Waals surface area contributed by atoms with E-state index in [4.69, 9.17) is 37.0 Å². The molecule has 0 aliphatic carbocycles. The quantitative estimate of drug-likeness (QED) is 0.0169. The Hall–Kier alpha value is -4.28. The largest absolute Gasteiger partial charge is 0.472 e. The van der Waals surface area contributed by atoms with Crippen LogP contribution >= 0.6 is 15.6 Å². The third-order valence-electron chi connectivity index (χ3n) is 16.7. The number of phosphoric ester groups is 2. The van der Waals surface area contributed by atoms with Gasteiger partial charge >= 0.3 is 39.5 Å². The van der Waals surface area contributed by atoms with Crippen molar-refractivity contribution in [3.05, 3.63) is 109 Å². The van der Waals surface area contributed by atoms with Crippen LogP contribution in [0.5, 0.6) is 0 Å². The number of allylic oxidation sites excluding steroid dienone is 18. The number of carbonyl (C=O) groups is 4. The maximum absolute atomic E-state index is 13.1. The van der Waals surface area contributed by atoms with E-state index >= 15 is 0 Å². The van der Waals surface area contributed by atoms with E-state index < -0.39 is 97.5 Å². The monoisotopic (exact) mass is 1470 g/mol. The summed E-state index contributed by atoms with van der Waals surface area (Å²) >= 11 is 0. The van der Waals surface area contributed by atoms with E-state index in [1.165, 1.54) is 64.2 Å². The number of unbranched alkanes of at least 4 members (excludes halogenated alkanes) is 31. The number of carbonyl (C=O) groups excluding carboxylic acids is 4. The average Bonchev–Trinajstić information content (AvgIpc) is 0.908. The highest BCUT2D eigenvalue weighted by Crippen LogP contribution is 2.45. The number of aliphatic hydroxyl groups is 1. The second-order valence-corrected chi connectivity index (χ2v) is 29.5. The summed E-state index contributed by atoms with van der Waals surface area (Å²) < 4.78 is 68.6. The number of ether oxygens (including phenoxy) is 4. The zero-order valence-electron chi connectivity index (χ0n) is 64.3. The minimum absolute atomic E-state index is 0.0805. The Kier molecular flexibility index (Phi) is 71.8. The predicted molar refractivity (Wildman–Crippen MR) is 418 cm³/mol. The van der Waals surface area contributed by atoms with Crippen molar-refractivity contribution in [2.24, 2.45) is 0 Å². The van der Waals surface area contributed by atoms with E-state index in [1.807, 2.05) is 0 Å². The topological polar surface area (TPSA) is 237 Å². The van der Waals surface area contributed by atoms with Crippen LogP contribution in [0.2, 0.25) is 0 Å². The van der Waals surface area contributed by atoms with E-state index in [9.17, 15) is 43.2 Å². The van der Waals surface area contributed by atoms with Crippen LogP contribution in [0.1, 0.15) is 336 Å². The predicted octanol–water partition coefficient (Wildman–Crippen LogP) is 23.3. The summed E-state index contributed by atoms with van der Waals surface area (Å²) in [5.41, 5.74) is 0. The Morgan fingerprint density at radius 1 is 0.284 bits per heavy atom. The molecule has 17 nitrogen and oxygen atoms in total. The highest BCUT2D eigenvalue weighted by Gasteiger charge is 2.30. The first-order valence-electron chi connectivity index (χ1n) is 40.1. The summed E-state index contributed by atoms with van der Waals surface area (Å²) in [5, 5.41) is 10.6. The molecule has 3 N–H and O–H groups in total. The van der Waals surface area contributed by atoms with Gasteiger partial charge < -0.3 is 33.8 Å². The van der Waals surface area contributed by atoms with E-state index in [-0.39, 0.29) is 25.7 Å². The Balaban J connectivity index is 5.36. The lowest BCUT2D eigenvalue weighted by atomic mass is 10.1. The molecule has 5 unspecified atom stereocenters. The maximum atomic E-state index is 13.1. The number of hydrogen-bond donors (Lipinski definition) is 3. The Morgan fingerprint density at radius 2 is 0.510 bits per heavy atom. The molecule has 0 saturated carbocycles. The first-order valence-corrected chi connectivity index (χ1v) is 43.1. The summed E-state index contributed by atoms with van der Waals surface area (Å²) in [6, 6.07) is 0. The van der Waals surface area contributed by atoms with Gasteiger partial charge in [0.2, 0.25) is 0 Å². The van der Waals surface area contributed by atoms with Crippen molar-refractivity contribution in [1.29, 1.82) is 0 Å². The summed E-state index contributed by atoms with van der Waals surface area (Å²) in [7, 11) is -9.97. The second kappa shape index (κ2) is 75.0. The normalized spacial score (nSPS) is 14.5. The molecule has 5 atom stereocenters. The summed E-state index contributed by atoms with van der Waals surface area (Å²) in [6.07, 6.45) is 80.6. The average molecular weight is 1480 g/mol. The molecule has 0 fully saturated rings. The van der Waals surface area contributed by atoms with Crippen molar-refractivity contribution >= 4 is 39.5 Å². The van der Waals surface area contributed by atoms with Gasteiger partial charge in [0.15, 0.2) is 12.2 Å². The molecule has 588 valence electrons. The highest BCUT2D eigenvalue weighted by molar-refractivity contribution is 7.47. The molecule has 0 saturated heterocycles. The molecule has 0 aromatic carbocycles. The van der Waals surface area contributed by atoms with Gasteiger partial charge in [-0.3, -0.25) is 37.3 Å². The number of esters is 4. The van der Waals surface area contributed by atoms with E-state index in [2.05, 4.69) is 137 Å². The first-order chi connectivity index (χ1) is 49.7. The van der Waals surface area contributed by atoms with Crippen LogP contribution in [-0.2, 0) is 65.4 Å². The van der Waals surface area contributed by atoms with E-state index in [0.717, 1.165) is 193 Å². The standard InChI is InChI=1S/C83H144O17P2/c1-5-9-13-17-21-25-29-33-36-37-38-39-42-45-48-52-56-60-64-68-81(86)94-73-78(99-82(87)69-65-61-57-53-49-43-32-28-24-20-16-12-8-4)75-97-101(89,90)95-71-77(84)72-96-102(91,92)98-76-79(100-83(88)70-66-62-58-54-50-46-41-35-31-27-23-19-15-11-7-3)74-93-80(85)67-63-59-55-51-47-44-40-34-30-26-22-18-14-10-6-2/h9-10,13-14,21-22,25-26,28,32-36,38-41,77-79,84H,5-8,11-12,15-20,23-24,27,29-31,37,42-76H2,1-4H3,(H,89,90)(H,91,92)/b13-9-,14-10-,25-21-,26-22-,32-28-,36-33-,39-38-,40-34-,41-35-. The van der Waals surface area contributed by atoms with Crippen molar-refractivity contribution < 1.29 is 80.2 Å². The van der Waals surface area contributed by atoms with Gasteiger partial charge in [-0.15, -0.1) is 0 Å². The van der Waals surface area contributed by atoms with Crippen LogP contribution in [0, 0.1) is 0 Å². The lowest BCUT2D eigenvalue weighted by Crippen LogP contribution is -2.30. The van der Waals surface area contributed by atoms with Gasteiger partial charge in [0.1, 0.15) is 19.3 Å². The van der Waals surface area contributed by atoms with Crippen LogP contribution < -0.4 is 0 Å². The molecule has 102 heavy (non-hydrogen) atoms. The SMILES string of the molecule is CC/C=C\C/C=C\C/C=C\C/C=C\CCCCCCCCC(=O)OCC(COP(=O)(O)OCC(O)COP(=O)(O)OCC(COC(=O)CCCCCCC/C=C\C/C=C\C/C=C\CC)OC(=O)CCCCCCC/C=C\CCCCCCCC)OC(=O)CCCCCCC/C=C\CCCCCC. The maximum Gasteiger partial charge on any atom is 0.472 e. The van der Waals surface area contributed by atoms with Crippen LogP contribution in [0.15, 0.2) is 109 Å². The fourth-order valence-corrected chi connectivity index (χ4v) is 12.2. The zero-order chi connectivity index (χ0) is 74.6. The van der Waals surface area contributed by atoms with E-state index in [1.54, 1.807) is 0 Å². The lowest BCUT2D eigenvalue weighted by Gasteiger charge is -2.21. The van der Waals surface area contributed by atoms with Gasteiger partial charge in [0, 0.05) is 25.7 Å². The molecule has 0 aliphatic heterocycles. The van der Waals surface area contributed by atoms with Crippen LogP contribution in [0.3, 0.4) is 0 Å². The lowest BCUT2D eigenvalue weighted by molar-refractivity contribution is -0.161. The molecule has 0 amide bonds. The van der Waals surface area contributed by atoms with Crippen molar-refractivity contribution in [1.82, 2.24) is 0 Å². The molecule has 0 bridgehead atoms. The number of aliphatic hydroxyl groups excluding tert-OH is 1. The van der Waals surface area contributed by atoms with Crippen molar-refractivity contribution in [3.63, 3.8) is 0 Å². The molecular weight excluding hydrogens is 1330 g/mol. The van der Waals surface area contributed by atoms with Crippen LogP contribution in [0.25, 0.3) is 0 Å². The fourth-order valence-electron chi connectivity index (χ4n) is 10.6. The highest BCUT2D eigenvalue weighted by atomic mass is 31.2. The van der Waals surface area contributed by atoms with Gasteiger partial charge in [0.25, 0.3) is 0 Å². The van der Waals surface area contributed by atoms with Crippen molar-refractivity contribution in [2.45, 2.75) is 354 Å². The molecule has 19 heteroatoms. The molecule has 0 heterocycles. The molecule has 0 rings (SSSR count). The third-order valence-corrected chi connectivity index (χ3v) is 18.6. The minimum atomic E-state index is -4.98. The Bertz CT molecular complexity index is 2360. The van der Waals surface area contributed by atoms with Gasteiger partial charge in [0.05, 0.1) is 26.4 Å². The summed E-state index contributed by atoms with van der Waals surface area (Å²) in [6.45, 7) is 4.61. The number of phosphoric acid groups is 2. The van der Waals surface area contributed by atoms with Gasteiger partial charge in [-0.2, -0.15) is 0 Å². The molecule has 0 aliphatic rings. The summed E-state index contributed by atoms with van der Waals surface area (Å²) in [5.74, 6) is -2.21. The molecule has 0 aromatic rings. The smallest absolute Gasteiger partial charge is 0.462 e. The fraction of sp³-hybridized carbons (Fsp3) is 0.735. The molecule has 0 spiro atoms. The number of hydrogen-bond acceptors (Lipinski definition) is 15. The Morgan fingerprint density at radius 3 is 0.804 bits per heavy atom. The Labute approximate surface area is 619 Å². The third kappa shape index (κ3) is 74.0. The van der Waals surface area contributed by atoms with Gasteiger partial charge in [-0.25, -0.2) is 9.13 Å². The minimum Gasteiger partial charge on any atom is -0.462 e. The molecule has 0 radical (unpaired) electrons. The zero-order valence-corrected chi connectivity index (χ0v) is 66.0. The molecular formula is C83H144O17P2. The van der Waals surface area contributed by atoms with Gasteiger partial charge in [-0.05, 0) is 148 Å². The van der Waals surface area contributed by atoms with E-state index in [0.29, 0.717) is 25.7 Å². The van der Waals surface area contributed by atoms with Gasteiger partial charge in [-0.1, -0.05) is 272 Å². The first kappa shape index (κ1) is 97.7. The molecule has 0 aromatic heterocycles. The van der Waals surface area contributed by atoms with Crippen LogP contribution in [-0.4, -0.2) is 96.7 Å².